The Morgan fingerprint density at radius 3 is 2.75 bits per heavy atom. The minimum absolute atomic E-state index is 0.0494. The molecular weight excluding hydrogens is 248 g/mol. The lowest BCUT2D eigenvalue weighted by molar-refractivity contribution is 0.00433. The Morgan fingerprint density at radius 2 is 1.95 bits per heavy atom. The van der Waals surface area contributed by atoms with Gasteiger partial charge in [0, 0.05) is 32.2 Å². The molecule has 2 aliphatic heterocycles. The van der Waals surface area contributed by atoms with Crippen LogP contribution >= 0.6 is 0 Å². The normalized spacial score (nSPS) is 40.2. The molecule has 0 amide bonds. The van der Waals surface area contributed by atoms with Crippen molar-refractivity contribution in [2.75, 3.05) is 32.7 Å². The average molecular weight is 280 g/mol. The molecule has 1 saturated carbocycles. The summed E-state index contributed by atoms with van der Waals surface area (Å²) in [5.41, 5.74) is 0. The minimum Gasteiger partial charge on any atom is -0.393 e. The summed E-state index contributed by atoms with van der Waals surface area (Å²) in [6.45, 7) is 10.9. The van der Waals surface area contributed by atoms with Crippen molar-refractivity contribution in [2.45, 2.75) is 58.1 Å². The van der Waals surface area contributed by atoms with E-state index in [4.69, 9.17) is 0 Å². The quantitative estimate of drug-likeness (QED) is 0.858. The third kappa shape index (κ3) is 3.20. The van der Waals surface area contributed by atoms with Crippen molar-refractivity contribution >= 4 is 0 Å². The lowest BCUT2D eigenvalue weighted by Gasteiger charge is -2.42. The minimum atomic E-state index is -0.0494. The molecule has 0 bridgehead atoms. The summed E-state index contributed by atoms with van der Waals surface area (Å²) in [6.07, 6.45) is 6.22. The molecule has 3 fully saturated rings. The van der Waals surface area contributed by atoms with Gasteiger partial charge in [-0.15, -0.1) is 0 Å². The van der Waals surface area contributed by atoms with E-state index in [0.29, 0.717) is 5.92 Å². The van der Waals surface area contributed by atoms with E-state index in [1.54, 1.807) is 0 Å². The third-order valence-electron chi connectivity index (χ3n) is 6.09. The SMILES string of the molecule is CC(C)C1CCC(O)C(CN2CCN3CCCC3C2)C1. The summed E-state index contributed by atoms with van der Waals surface area (Å²) in [4.78, 5) is 5.31. The van der Waals surface area contributed by atoms with Crippen LogP contribution < -0.4 is 0 Å². The van der Waals surface area contributed by atoms with Crippen molar-refractivity contribution in [3.8, 4) is 0 Å². The highest BCUT2D eigenvalue weighted by molar-refractivity contribution is 4.89. The topological polar surface area (TPSA) is 26.7 Å². The first-order valence-electron chi connectivity index (χ1n) is 8.78. The van der Waals surface area contributed by atoms with E-state index in [9.17, 15) is 5.11 Å². The van der Waals surface area contributed by atoms with Crippen LogP contribution in [0.5, 0.6) is 0 Å². The Morgan fingerprint density at radius 1 is 1.10 bits per heavy atom. The molecule has 0 aromatic heterocycles. The molecule has 3 heteroatoms. The molecule has 2 heterocycles. The molecule has 4 unspecified atom stereocenters. The Hall–Kier alpha value is -0.120. The zero-order valence-electron chi connectivity index (χ0n) is 13.3. The zero-order chi connectivity index (χ0) is 14.1. The van der Waals surface area contributed by atoms with Crippen molar-refractivity contribution in [3.05, 3.63) is 0 Å². The van der Waals surface area contributed by atoms with Gasteiger partial charge >= 0.3 is 0 Å². The van der Waals surface area contributed by atoms with E-state index in [0.717, 1.165) is 30.8 Å². The number of hydrogen-bond donors (Lipinski definition) is 1. The molecule has 116 valence electrons. The van der Waals surface area contributed by atoms with Crippen LogP contribution in [-0.4, -0.2) is 59.8 Å². The predicted octanol–water partition coefficient (Wildman–Crippen LogP) is 2.20. The molecule has 2 saturated heterocycles. The summed E-state index contributed by atoms with van der Waals surface area (Å²) >= 11 is 0. The summed E-state index contributed by atoms with van der Waals surface area (Å²) < 4.78 is 0. The van der Waals surface area contributed by atoms with Gasteiger partial charge in [-0.1, -0.05) is 13.8 Å². The van der Waals surface area contributed by atoms with Gasteiger partial charge in [-0.3, -0.25) is 4.90 Å². The summed E-state index contributed by atoms with van der Waals surface area (Å²) in [7, 11) is 0. The smallest absolute Gasteiger partial charge is 0.0580 e. The molecule has 0 aromatic carbocycles. The second-order valence-corrected chi connectivity index (χ2v) is 7.74. The predicted molar refractivity (Wildman–Crippen MR) is 82.7 cm³/mol. The first kappa shape index (κ1) is 14.8. The van der Waals surface area contributed by atoms with Crippen LogP contribution in [0.2, 0.25) is 0 Å². The second kappa shape index (κ2) is 6.33. The number of fused-ring (bicyclic) bond motifs is 1. The summed E-state index contributed by atoms with van der Waals surface area (Å²) in [6, 6.07) is 0.811. The van der Waals surface area contributed by atoms with Crippen LogP contribution in [0.1, 0.15) is 46.0 Å². The van der Waals surface area contributed by atoms with Gasteiger partial charge in [0.1, 0.15) is 0 Å². The molecule has 1 N–H and O–H groups in total. The Bertz CT molecular complexity index is 320. The maximum Gasteiger partial charge on any atom is 0.0580 e. The van der Waals surface area contributed by atoms with Crippen LogP contribution in [0.15, 0.2) is 0 Å². The molecule has 0 aromatic rings. The van der Waals surface area contributed by atoms with Crippen molar-refractivity contribution in [2.24, 2.45) is 17.8 Å². The first-order chi connectivity index (χ1) is 9.63. The number of rotatable bonds is 3. The standard InChI is InChI=1S/C17H32N2O/c1-13(2)14-5-6-17(20)15(10-14)11-18-8-9-19-7-3-4-16(19)12-18/h13-17,20H,3-12H2,1-2H3. The van der Waals surface area contributed by atoms with E-state index in [1.165, 1.54) is 51.9 Å². The number of aliphatic hydroxyl groups is 1. The van der Waals surface area contributed by atoms with Gasteiger partial charge in [-0.2, -0.15) is 0 Å². The van der Waals surface area contributed by atoms with Gasteiger partial charge in [0.2, 0.25) is 0 Å². The Balaban J connectivity index is 1.53. The number of aliphatic hydroxyl groups excluding tert-OH is 1. The van der Waals surface area contributed by atoms with E-state index in [-0.39, 0.29) is 6.10 Å². The van der Waals surface area contributed by atoms with E-state index < -0.39 is 0 Å². The van der Waals surface area contributed by atoms with Crippen LogP contribution in [0.25, 0.3) is 0 Å². The maximum absolute atomic E-state index is 10.3. The number of piperazine rings is 1. The molecule has 20 heavy (non-hydrogen) atoms. The highest BCUT2D eigenvalue weighted by atomic mass is 16.3. The van der Waals surface area contributed by atoms with Gasteiger partial charge in [-0.25, -0.2) is 0 Å². The highest BCUT2D eigenvalue weighted by Gasteiger charge is 2.35. The van der Waals surface area contributed by atoms with E-state index in [2.05, 4.69) is 23.6 Å². The molecule has 4 atom stereocenters. The number of nitrogens with zero attached hydrogens (tertiary/aromatic N) is 2. The molecular formula is C17H32N2O. The van der Waals surface area contributed by atoms with Gasteiger partial charge < -0.3 is 10.0 Å². The number of hydrogen-bond acceptors (Lipinski definition) is 3. The fourth-order valence-electron chi connectivity index (χ4n) is 4.64. The zero-order valence-corrected chi connectivity index (χ0v) is 13.3. The van der Waals surface area contributed by atoms with Crippen LogP contribution in [0.4, 0.5) is 0 Å². The monoisotopic (exact) mass is 280 g/mol. The molecule has 0 radical (unpaired) electrons. The fraction of sp³-hybridized carbons (Fsp3) is 1.00. The van der Waals surface area contributed by atoms with E-state index in [1.807, 2.05) is 0 Å². The lowest BCUT2D eigenvalue weighted by atomic mass is 9.74. The fourth-order valence-corrected chi connectivity index (χ4v) is 4.64. The van der Waals surface area contributed by atoms with Crippen LogP contribution in [0.3, 0.4) is 0 Å². The first-order valence-corrected chi connectivity index (χ1v) is 8.78. The second-order valence-electron chi connectivity index (χ2n) is 7.74. The van der Waals surface area contributed by atoms with Gasteiger partial charge in [-0.05, 0) is 56.4 Å². The highest BCUT2D eigenvalue weighted by Crippen LogP contribution is 2.35. The van der Waals surface area contributed by atoms with Crippen LogP contribution in [0, 0.1) is 17.8 Å². The molecule has 1 aliphatic carbocycles. The Kier molecular flexibility index (Phi) is 4.68. The van der Waals surface area contributed by atoms with E-state index >= 15 is 0 Å². The molecule has 3 nitrogen and oxygen atoms in total. The van der Waals surface area contributed by atoms with Gasteiger partial charge in [0.25, 0.3) is 0 Å². The molecule has 0 spiro atoms. The maximum atomic E-state index is 10.3. The summed E-state index contributed by atoms with van der Waals surface area (Å²) in [5.74, 6) is 2.12. The lowest BCUT2D eigenvalue weighted by Crippen LogP contribution is -2.52. The van der Waals surface area contributed by atoms with Crippen molar-refractivity contribution in [1.82, 2.24) is 9.80 Å². The van der Waals surface area contributed by atoms with Crippen molar-refractivity contribution in [1.29, 1.82) is 0 Å². The van der Waals surface area contributed by atoms with Crippen LogP contribution in [-0.2, 0) is 0 Å². The molecule has 3 rings (SSSR count). The Labute approximate surface area is 124 Å². The summed E-state index contributed by atoms with van der Waals surface area (Å²) in [5, 5.41) is 10.3. The van der Waals surface area contributed by atoms with Crippen molar-refractivity contribution < 1.29 is 5.11 Å². The molecule has 3 aliphatic rings. The third-order valence-corrected chi connectivity index (χ3v) is 6.09. The van der Waals surface area contributed by atoms with Gasteiger partial charge in [0.15, 0.2) is 0 Å². The van der Waals surface area contributed by atoms with Crippen molar-refractivity contribution in [3.63, 3.8) is 0 Å². The van der Waals surface area contributed by atoms with Gasteiger partial charge in [0.05, 0.1) is 6.10 Å². The largest absolute Gasteiger partial charge is 0.393 e. The average Bonchev–Trinajstić information content (AvgIpc) is 2.88.